The molecule has 1 unspecified atom stereocenters. The van der Waals surface area contributed by atoms with Gasteiger partial charge in [0.05, 0.1) is 0 Å². The van der Waals surface area contributed by atoms with Gasteiger partial charge >= 0.3 is 6.03 Å². The maximum absolute atomic E-state index is 12.2. The number of aromatic nitrogens is 1. The molecule has 3 rings (SSSR count). The van der Waals surface area contributed by atoms with Crippen molar-refractivity contribution < 1.29 is 9.90 Å². The minimum absolute atomic E-state index is 0.0407. The van der Waals surface area contributed by atoms with Crippen molar-refractivity contribution >= 4 is 28.5 Å². The number of piperidine rings is 1. The Kier molecular flexibility index (Phi) is 5.08. The standard InChI is InChI=1S/C17H22ClN3O2/c18-14-3-4-16-15(8-14)13(9-20-16)5-6-19-17(23)21-7-1-2-12(10-21)11-22/h3-4,8-9,12,20,22H,1-2,5-7,10-11H2,(H,19,23). The fourth-order valence-corrected chi connectivity index (χ4v) is 3.34. The summed E-state index contributed by atoms with van der Waals surface area (Å²) in [7, 11) is 0. The van der Waals surface area contributed by atoms with Crippen LogP contribution in [0.2, 0.25) is 5.02 Å². The van der Waals surface area contributed by atoms with Gasteiger partial charge in [-0.3, -0.25) is 0 Å². The first kappa shape index (κ1) is 16.1. The highest BCUT2D eigenvalue weighted by molar-refractivity contribution is 6.31. The maximum Gasteiger partial charge on any atom is 0.317 e. The summed E-state index contributed by atoms with van der Waals surface area (Å²) < 4.78 is 0. The number of likely N-dealkylation sites (tertiary alicyclic amines) is 1. The predicted octanol–water partition coefficient (Wildman–Crippen LogP) is 2.78. The molecule has 1 saturated heterocycles. The highest BCUT2D eigenvalue weighted by atomic mass is 35.5. The lowest BCUT2D eigenvalue weighted by Gasteiger charge is -2.31. The summed E-state index contributed by atoms with van der Waals surface area (Å²) in [6.45, 7) is 2.15. The average Bonchev–Trinajstić information content (AvgIpc) is 2.97. The molecule has 3 N–H and O–H groups in total. The Morgan fingerprint density at radius 2 is 2.35 bits per heavy atom. The van der Waals surface area contributed by atoms with E-state index in [4.69, 9.17) is 11.6 Å². The molecule has 6 heteroatoms. The highest BCUT2D eigenvalue weighted by Crippen LogP contribution is 2.22. The summed E-state index contributed by atoms with van der Waals surface area (Å²) in [6.07, 6.45) is 4.68. The molecule has 0 aliphatic carbocycles. The number of fused-ring (bicyclic) bond motifs is 1. The zero-order chi connectivity index (χ0) is 16.2. The van der Waals surface area contributed by atoms with Crippen LogP contribution in [-0.2, 0) is 6.42 Å². The zero-order valence-corrected chi connectivity index (χ0v) is 13.8. The number of nitrogens with zero attached hydrogens (tertiary/aromatic N) is 1. The molecule has 1 aromatic heterocycles. The second kappa shape index (κ2) is 7.23. The largest absolute Gasteiger partial charge is 0.396 e. The molecular formula is C17H22ClN3O2. The number of benzene rings is 1. The van der Waals surface area contributed by atoms with Gasteiger partial charge < -0.3 is 20.3 Å². The molecule has 5 nitrogen and oxygen atoms in total. The van der Waals surface area contributed by atoms with E-state index in [1.807, 2.05) is 24.4 Å². The number of nitrogens with one attached hydrogen (secondary N) is 2. The lowest BCUT2D eigenvalue weighted by atomic mass is 9.99. The fraction of sp³-hybridized carbons (Fsp3) is 0.471. The molecule has 23 heavy (non-hydrogen) atoms. The molecule has 0 bridgehead atoms. The zero-order valence-electron chi connectivity index (χ0n) is 13.0. The number of hydrogen-bond donors (Lipinski definition) is 3. The van der Waals surface area contributed by atoms with Gasteiger partial charge in [-0.2, -0.15) is 0 Å². The Balaban J connectivity index is 1.54. The van der Waals surface area contributed by atoms with Gasteiger partial charge in [0.1, 0.15) is 0 Å². The summed E-state index contributed by atoms with van der Waals surface area (Å²) in [5.74, 6) is 0.213. The second-order valence-electron chi connectivity index (χ2n) is 6.12. The van der Waals surface area contributed by atoms with Crippen molar-refractivity contribution in [3.63, 3.8) is 0 Å². The Bertz CT molecular complexity index is 686. The Morgan fingerprint density at radius 3 is 3.17 bits per heavy atom. The number of aliphatic hydroxyl groups excluding tert-OH is 1. The number of carbonyl (C=O) groups excluding carboxylic acids is 1. The number of hydrogen-bond acceptors (Lipinski definition) is 2. The molecule has 0 radical (unpaired) electrons. The van der Waals surface area contributed by atoms with E-state index in [0.717, 1.165) is 42.3 Å². The van der Waals surface area contributed by atoms with E-state index in [1.165, 1.54) is 0 Å². The van der Waals surface area contributed by atoms with Crippen LogP contribution in [-0.4, -0.2) is 47.3 Å². The molecule has 0 spiro atoms. The van der Waals surface area contributed by atoms with E-state index in [0.29, 0.717) is 18.1 Å². The molecule has 1 aliphatic heterocycles. The minimum Gasteiger partial charge on any atom is -0.396 e. The molecule has 1 atom stereocenters. The van der Waals surface area contributed by atoms with Crippen molar-refractivity contribution in [3.05, 3.63) is 35.0 Å². The molecule has 0 saturated carbocycles. The number of halogens is 1. The third-order valence-corrected chi connectivity index (χ3v) is 4.70. The van der Waals surface area contributed by atoms with E-state index < -0.39 is 0 Å². The Hall–Kier alpha value is -1.72. The average molecular weight is 336 g/mol. The maximum atomic E-state index is 12.2. The van der Waals surface area contributed by atoms with Crippen LogP contribution in [0.15, 0.2) is 24.4 Å². The minimum atomic E-state index is -0.0407. The van der Waals surface area contributed by atoms with Crippen molar-refractivity contribution in [1.82, 2.24) is 15.2 Å². The van der Waals surface area contributed by atoms with Crippen LogP contribution < -0.4 is 5.32 Å². The summed E-state index contributed by atoms with van der Waals surface area (Å²) in [5.41, 5.74) is 2.20. The predicted molar refractivity (Wildman–Crippen MR) is 91.8 cm³/mol. The van der Waals surface area contributed by atoms with Gasteiger partial charge in [-0.05, 0) is 48.9 Å². The lowest BCUT2D eigenvalue weighted by molar-refractivity contribution is 0.129. The van der Waals surface area contributed by atoms with Crippen molar-refractivity contribution in [3.8, 4) is 0 Å². The van der Waals surface area contributed by atoms with Crippen LogP contribution >= 0.6 is 11.6 Å². The number of amides is 2. The first-order valence-corrected chi connectivity index (χ1v) is 8.44. The van der Waals surface area contributed by atoms with Gasteiger partial charge in [0.25, 0.3) is 0 Å². The number of aliphatic hydroxyl groups is 1. The molecular weight excluding hydrogens is 314 g/mol. The molecule has 1 aliphatic rings. The monoisotopic (exact) mass is 335 g/mol. The third-order valence-electron chi connectivity index (χ3n) is 4.46. The van der Waals surface area contributed by atoms with Crippen molar-refractivity contribution in [2.45, 2.75) is 19.3 Å². The lowest BCUT2D eigenvalue weighted by Crippen LogP contribution is -2.46. The van der Waals surface area contributed by atoms with Gasteiger partial charge in [0.15, 0.2) is 0 Å². The normalized spacial score (nSPS) is 18.3. The number of rotatable bonds is 4. The summed E-state index contributed by atoms with van der Waals surface area (Å²) in [6, 6.07) is 5.73. The molecule has 2 amide bonds. The van der Waals surface area contributed by atoms with Crippen LogP contribution in [0.3, 0.4) is 0 Å². The van der Waals surface area contributed by atoms with Gasteiger partial charge in [0.2, 0.25) is 0 Å². The first-order chi connectivity index (χ1) is 11.2. The van der Waals surface area contributed by atoms with Crippen LogP contribution in [0, 0.1) is 5.92 Å². The van der Waals surface area contributed by atoms with E-state index in [2.05, 4.69) is 10.3 Å². The molecule has 2 aromatic rings. The molecule has 1 aromatic carbocycles. The van der Waals surface area contributed by atoms with Gasteiger partial charge in [-0.1, -0.05) is 11.6 Å². The third kappa shape index (κ3) is 3.79. The highest BCUT2D eigenvalue weighted by Gasteiger charge is 2.22. The van der Waals surface area contributed by atoms with E-state index in [-0.39, 0.29) is 18.6 Å². The second-order valence-corrected chi connectivity index (χ2v) is 6.56. The van der Waals surface area contributed by atoms with Crippen molar-refractivity contribution in [2.24, 2.45) is 5.92 Å². The topological polar surface area (TPSA) is 68.4 Å². The SMILES string of the molecule is O=C(NCCc1c[nH]c2ccc(Cl)cc12)N1CCCC(CO)C1. The number of aromatic amines is 1. The van der Waals surface area contributed by atoms with E-state index in [9.17, 15) is 9.90 Å². The van der Waals surface area contributed by atoms with Crippen LogP contribution in [0.1, 0.15) is 18.4 Å². The molecule has 124 valence electrons. The van der Waals surface area contributed by atoms with Gasteiger partial charge in [-0.15, -0.1) is 0 Å². The van der Waals surface area contributed by atoms with Crippen LogP contribution in [0.25, 0.3) is 10.9 Å². The quantitative estimate of drug-likeness (QED) is 0.804. The Morgan fingerprint density at radius 1 is 1.48 bits per heavy atom. The summed E-state index contributed by atoms with van der Waals surface area (Å²) in [4.78, 5) is 17.2. The summed E-state index contributed by atoms with van der Waals surface area (Å²) in [5, 5.41) is 14.0. The smallest absolute Gasteiger partial charge is 0.317 e. The molecule has 2 heterocycles. The number of urea groups is 1. The van der Waals surface area contributed by atoms with Crippen molar-refractivity contribution in [2.75, 3.05) is 26.2 Å². The first-order valence-electron chi connectivity index (χ1n) is 8.06. The van der Waals surface area contributed by atoms with Crippen LogP contribution in [0.4, 0.5) is 4.79 Å². The van der Waals surface area contributed by atoms with Crippen molar-refractivity contribution in [1.29, 1.82) is 0 Å². The van der Waals surface area contributed by atoms with E-state index >= 15 is 0 Å². The number of H-pyrrole nitrogens is 1. The Labute approximate surface area is 140 Å². The number of carbonyl (C=O) groups is 1. The summed E-state index contributed by atoms with van der Waals surface area (Å²) >= 11 is 6.05. The van der Waals surface area contributed by atoms with Gasteiger partial charge in [-0.25, -0.2) is 4.79 Å². The van der Waals surface area contributed by atoms with Crippen LogP contribution in [0.5, 0.6) is 0 Å². The molecule has 1 fully saturated rings. The van der Waals surface area contributed by atoms with Gasteiger partial charge in [0, 0.05) is 48.4 Å². The van der Waals surface area contributed by atoms with E-state index in [1.54, 1.807) is 4.90 Å². The fourth-order valence-electron chi connectivity index (χ4n) is 3.17.